The summed E-state index contributed by atoms with van der Waals surface area (Å²) in [7, 11) is 0. The Kier molecular flexibility index (Phi) is 10.1. The monoisotopic (exact) mass is 552 g/mol. The van der Waals surface area contributed by atoms with Crippen molar-refractivity contribution in [3.8, 4) is 5.75 Å². The molecule has 184 valence electrons. The van der Waals surface area contributed by atoms with Crippen molar-refractivity contribution in [2.24, 2.45) is 0 Å². The van der Waals surface area contributed by atoms with Crippen molar-refractivity contribution in [3.05, 3.63) is 97.9 Å². The van der Waals surface area contributed by atoms with Crippen LogP contribution in [0, 0.1) is 0 Å². The van der Waals surface area contributed by atoms with Crippen LogP contribution < -0.4 is 10.1 Å². The number of halogens is 4. The van der Waals surface area contributed by atoms with Gasteiger partial charge >= 0.3 is 0 Å². The van der Waals surface area contributed by atoms with Gasteiger partial charge < -0.3 is 15.0 Å². The second-order valence-corrected chi connectivity index (χ2v) is 9.39. The minimum atomic E-state index is -0.788. The van der Waals surface area contributed by atoms with E-state index in [-0.39, 0.29) is 24.1 Å². The standard InChI is InChI=1S/C26H24Cl4N2O3/c1-2-31-26(34)23(13-17-6-4-3-5-7-17)32(15-18-8-10-20(28)21(29)12-18)25(33)16-35-24-11-9-19(27)14-22(24)30/h3-12,14,23H,2,13,15-16H2,1H3,(H,31,34)/t23-/m0/s1. The first-order valence-electron chi connectivity index (χ1n) is 10.9. The average molecular weight is 554 g/mol. The summed E-state index contributed by atoms with van der Waals surface area (Å²) < 4.78 is 5.69. The molecule has 0 unspecified atom stereocenters. The Bertz CT molecular complexity index is 1170. The Balaban J connectivity index is 1.92. The highest BCUT2D eigenvalue weighted by Crippen LogP contribution is 2.28. The molecule has 0 aliphatic carbocycles. The van der Waals surface area contributed by atoms with Gasteiger partial charge in [-0.05, 0) is 48.4 Å². The second kappa shape index (κ2) is 13.0. The molecule has 0 bridgehead atoms. The van der Waals surface area contributed by atoms with Gasteiger partial charge in [0, 0.05) is 24.5 Å². The van der Waals surface area contributed by atoms with E-state index in [1.54, 1.807) is 30.3 Å². The first kappa shape index (κ1) is 27.2. The lowest BCUT2D eigenvalue weighted by Crippen LogP contribution is -2.51. The minimum Gasteiger partial charge on any atom is -0.482 e. The third kappa shape index (κ3) is 7.77. The maximum atomic E-state index is 13.5. The number of hydrogen-bond donors (Lipinski definition) is 1. The van der Waals surface area contributed by atoms with Crippen LogP contribution in [0.1, 0.15) is 18.1 Å². The first-order chi connectivity index (χ1) is 16.8. The van der Waals surface area contributed by atoms with Gasteiger partial charge in [0.2, 0.25) is 5.91 Å². The number of hydrogen-bond acceptors (Lipinski definition) is 3. The summed E-state index contributed by atoms with van der Waals surface area (Å²) in [5.41, 5.74) is 1.64. The molecule has 0 aliphatic heterocycles. The van der Waals surface area contributed by atoms with Crippen LogP contribution in [0.15, 0.2) is 66.7 Å². The number of carbonyl (C=O) groups excluding carboxylic acids is 2. The summed E-state index contributed by atoms with van der Waals surface area (Å²) in [6.07, 6.45) is 0.321. The summed E-state index contributed by atoms with van der Waals surface area (Å²) in [6, 6.07) is 18.6. The van der Waals surface area contributed by atoms with Crippen molar-refractivity contribution in [3.63, 3.8) is 0 Å². The van der Waals surface area contributed by atoms with Crippen LogP contribution in [0.2, 0.25) is 20.1 Å². The molecular formula is C26H24Cl4N2O3. The Morgan fingerprint density at radius 2 is 1.63 bits per heavy atom. The fourth-order valence-corrected chi connectivity index (χ4v) is 4.28. The predicted octanol–water partition coefficient (Wildman–Crippen LogP) is 6.46. The Morgan fingerprint density at radius 1 is 0.886 bits per heavy atom. The van der Waals surface area contributed by atoms with E-state index in [1.807, 2.05) is 37.3 Å². The van der Waals surface area contributed by atoms with Gasteiger partial charge in [0.25, 0.3) is 5.91 Å². The first-order valence-corrected chi connectivity index (χ1v) is 12.4. The SMILES string of the molecule is CCNC(=O)[C@H](Cc1ccccc1)N(Cc1ccc(Cl)c(Cl)c1)C(=O)COc1ccc(Cl)cc1Cl. The molecule has 3 rings (SSSR count). The van der Waals surface area contributed by atoms with Crippen LogP contribution >= 0.6 is 46.4 Å². The number of nitrogens with one attached hydrogen (secondary N) is 1. The van der Waals surface area contributed by atoms with Crippen molar-refractivity contribution < 1.29 is 14.3 Å². The molecule has 5 nitrogen and oxygen atoms in total. The van der Waals surface area contributed by atoms with Crippen LogP contribution in [0.25, 0.3) is 0 Å². The molecule has 0 spiro atoms. The van der Waals surface area contributed by atoms with E-state index in [9.17, 15) is 9.59 Å². The Labute approximate surface area is 224 Å². The zero-order valence-corrected chi connectivity index (χ0v) is 22.0. The highest BCUT2D eigenvalue weighted by molar-refractivity contribution is 6.42. The molecule has 0 aromatic heterocycles. The van der Waals surface area contributed by atoms with E-state index < -0.39 is 11.9 Å². The number of benzene rings is 3. The number of rotatable bonds is 10. The van der Waals surface area contributed by atoms with Crippen molar-refractivity contribution >= 4 is 58.2 Å². The zero-order valence-electron chi connectivity index (χ0n) is 18.9. The quantitative estimate of drug-likeness (QED) is 0.313. The van der Waals surface area contributed by atoms with E-state index in [0.717, 1.165) is 11.1 Å². The molecule has 0 fully saturated rings. The molecule has 0 aliphatic rings. The number of ether oxygens (including phenoxy) is 1. The summed E-state index contributed by atoms with van der Waals surface area (Å²) in [5, 5.41) is 4.34. The summed E-state index contributed by atoms with van der Waals surface area (Å²) in [4.78, 5) is 28.1. The maximum Gasteiger partial charge on any atom is 0.261 e. The lowest BCUT2D eigenvalue weighted by atomic mass is 10.0. The molecule has 2 amide bonds. The summed E-state index contributed by atoms with van der Waals surface area (Å²) >= 11 is 24.4. The predicted molar refractivity (Wildman–Crippen MR) is 142 cm³/mol. The van der Waals surface area contributed by atoms with Gasteiger partial charge in [-0.3, -0.25) is 9.59 Å². The van der Waals surface area contributed by atoms with E-state index in [1.165, 1.54) is 11.0 Å². The fourth-order valence-electron chi connectivity index (χ4n) is 3.50. The van der Waals surface area contributed by atoms with Crippen LogP contribution in [0.4, 0.5) is 0 Å². The third-order valence-corrected chi connectivity index (χ3v) is 6.47. The van der Waals surface area contributed by atoms with Crippen molar-refractivity contribution in [2.75, 3.05) is 13.2 Å². The zero-order chi connectivity index (χ0) is 25.4. The molecule has 35 heavy (non-hydrogen) atoms. The highest BCUT2D eigenvalue weighted by Gasteiger charge is 2.30. The molecular weight excluding hydrogens is 530 g/mol. The van der Waals surface area contributed by atoms with Crippen molar-refractivity contribution in [1.82, 2.24) is 10.2 Å². The van der Waals surface area contributed by atoms with Gasteiger partial charge in [0.15, 0.2) is 6.61 Å². The second-order valence-electron chi connectivity index (χ2n) is 7.73. The molecule has 1 N–H and O–H groups in total. The third-order valence-electron chi connectivity index (χ3n) is 5.20. The van der Waals surface area contributed by atoms with Crippen LogP contribution in [-0.2, 0) is 22.6 Å². The number of likely N-dealkylation sites (N-methyl/N-ethyl adjacent to an activating group) is 1. The lowest BCUT2D eigenvalue weighted by molar-refractivity contribution is -0.142. The Hall–Kier alpha value is -2.44. The topological polar surface area (TPSA) is 58.6 Å². The fraction of sp³-hybridized carbons (Fsp3) is 0.231. The van der Waals surface area contributed by atoms with Crippen molar-refractivity contribution in [2.45, 2.75) is 25.9 Å². The molecule has 0 heterocycles. The molecule has 0 saturated carbocycles. The minimum absolute atomic E-state index is 0.127. The normalized spacial score (nSPS) is 11.6. The van der Waals surface area contributed by atoms with Crippen molar-refractivity contribution in [1.29, 1.82) is 0 Å². The molecule has 3 aromatic carbocycles. The van der Waals surface area contributed by atoms with Gasteiger partial charge in [-0.1, -0.05) is 82.8 Å². The van der Waals surface area contributed by atoms with Gasteiger partial charge in [0.1, 0.15) is 11.8 Å². The number of carbonyl (C=O) groups is 2. The molecule has 0 saturated heterocycles. The molecule has 0 radical (unpaired) electrons. The van der Waals surface area contributed by atoms with Crippen LogP contribution in [0.5, 0.6) is 5.75 Å². The summed E-state index contributed by atoms with van der Waals surface area (Å²) in [6.45, 7) is 2.06. The smallest absolute Gasteiger partial charge is 0.261 e. The number of amides is 2. The van der Waals surface area contributed by atoms with Gasteiger partial charge in [0.05, 0.1) is 15.1 Å². The Morgan fingerprint density at radius 3 is 2.29 bits per heavy atom. The molecule has 1 atom stereocenters. The van der Waals surface area contributed by atoms with Crippen LogP contribution in [-0.4, -0.2) is 35.9 Å². The molecule has 9 heteroatoms. The number of nitrogens with zero attached hydrogens (tertiary/aromatic N) is 1. The van der Waals surface area contributed by atoms with Gasteiger partial charge in [-0.25, -0.2) is 0 Å². The van der Waals surface area contributed by atoms with E-state index in [4.69, 9.17) is 51.1 Å². The maximum absolute atomic E-state index is 13.5. The molecule has 3 aromatic rings. The lowest BCUT2D eigenvalue weighted by Gasteiger charge is -2.31. The van der Waals surface area contributed by atoms with E-state index in [0.29, 0.717) is 33.8 Å². The van der Waals surface area contributed by atoms with E-state index >= 15 is 0 Å². The average Bonchev–Trinajstić information content (AvgIpc) is 2.83. The van der Waals surface area contributed by atoms with Gasteiger partial charge in [-0.15, -0.1) is 0 Å². The van der Waals surface area contributed by atoms with Gasteiger partial charge in [-0.2, -0.15) is 0 Å². The van der Waals surface area contributed by atoms with E-state index in [2.05, 4.69) is 5.32 Å². The summed E-state index contributed by atoms with van der Waals surface area (Å²) in [5.74, 6) is -0.347. The highest BCUT2D eigenvalue weighted by atomic mass is 35.5. The van der Waals surface area contributed by atoms with Crippen LogP contribution in [0.3, 0.4) is 0 Å². The largest absolute Gasteiger partial charge is 0.482 e.